The molecule has 0 bridgehead atoms. The molecule has 5 nitrogen and oxygen atoms in total. The summed E-state index contributed by atoms with van der Waals surface area (Å²) in [4.78, 5) is 0.858. The average molecular weight is 263 g/mol. The van der Waals surface area contributed by atoms with Crippen LogP contribution in [0.5, 0.6) is 0 Å². The summed E-state index contributed by atoms with van der Waals surface area (Å²) in [6.07, 6.45) is 0.705. The topological polar surface area (TPSA) is 75.6 Å². The SMILES string of the molecule is O=S(=O)(NC1CCOC1)c1csc(CO)c1. The number of hydrogen-bond donors (Lipinski definition) is 2. The highest BCUT2D eigenvalue weighted by atomic mass is 32.2. The summed E-state index contributed by atoms with van der Waals surface area (Å²) in [5, 5.41) is 10.4. The molecule has 1 saturated heterocycles. The Morgan fingerprint density at radius 2 is 2.44 bits per heavy atom. The minimum absolute atomic E-state index is 0.132. The van der Waals surface area contributed by atoms with Crippen molar-refractivity contribution in [2.24, 2.45) is 0 Å². The molecule has 0 saturated carbocycles. The van der Waals surface area contributed by atoms with Gasteiger partial charge in [0.05, 0.1) is 18.1 Å². The Morgan fingerprint density at radius 3 is 3.00 bits per heavy atom. The van der Waals surface area contributed by atoms with Crippen LogP contribution in [0.2, 0.25) is 0 Å². The Labute approximate surface area is 98.1 Å². The van der Waals surface area contributed by atoms with Crippen molar-refractivity contribution in [3.05, 3.63) is 16.3 Å². The van der Waals surface area contributed by atoms with E-state index in [0.29, 0.717) is 24.5 Å². The van der Waals surface area contributed by atoms with Crippen LogP contribution in [0, 0.1) is 0 Å². The molecule has 1 aliphatic rings. The third-order valence-corrected chi connectivity index (χ3v) is 4.92. The first-order valence-electron chi connectivity index (χ1n) is 4.90. The maximum Gasteiger partial charge on any atom is 0.241 e. The van der Waals surface area contributed by atoms with Crippen molar-refractivity contribution < 1.29 is 18.3 Å². The molecule has 1 aromatic rings. The van der Waals surface area contributed by atoms with Crippen LogP contribution in [0.25, 0.3) is 0 Å². The van der Waals surface area contributed by atoms with E-state index in [1.165, 1.54) is 22.8 Å². The molecule has 1 fully saturated rings. The van der Waals surface area contributed by atoms with E-state index in [1.54, 1.807) is 0 Å². The largest absolute Gasteiger partial charge is 0.391 e. The molecule has 0 spiro atoms. The summed E-state index contributed by atoms with van der Waals surface area (Å²) in [5.41, 5.74) is 0. The summed E-state index contributed by atoms with van der Waals surface area (Å²) in [6, 6.07) is 1.35. The van der Waals surface area contributed by atoms with Crippen LogP contribution in [0.3, 0.4) is 0 Å². The Morgan fingerprint density at radius 1 is 1.62 bits per heavy atom. The molecule has 0 amide bonds. The van der Waals surface area contributed by atoms with Crippen molar-refractivity contribution in [1.82, 2.24) is 4.72 Å². The second-order valence-corrected chi connectivity index (χ2v) is 6.30. The molecule has 16 heavy (non-hydrogen) atoms. The minimum Gasteiger partial charge on any atom is -0.391 e. The van der Waals surface area contributed by atoms with Gasteiger partial charge >= 0.3 is 0 Å². The fourth-order valence-corrected chi connectivity index (χ4v) is 3.89. The van der Waals surface area contributed by atoms with E-state index in [9.17, 15) is 8.42 Å². The highest BCUT2D eigenvalue weighted by Crippen LogP contribution is 2.20. The summed E-state index contributed by atoms with van der Waals surface area (Å²) in [6.45, 7) is 0.891. The molecule has 1 atom stereocenters. The fraction of sp³-hybridized carbons (Fsp3) is 0.556. The van der Waals surface area contributed by atoms with E-state index >= 15 is 0 Å². The first-order chi connectivity index (χ1) is 7.62. The van der Waals surface area contributed by atoms with Gasteiger partial charge in [0.1, 0.15) is 0 Å². The van der Waals surface area contributed by atoms with E-state index < -0.39 is 10.0 Å². The van der Waals surface area contributed by atoms with Gasteiger partial charge < -0.3 is 9.84 Å². The lowest BCUT2D eigenvalue weighted by Crippen LogP contribution is -2.34. The van der Waals surface area contributed by atoms with Crippen molar-refractivity contribution in [1.29, 1.82) is 0 Å². The summed E-state index contributed by atoms with van der Waals surface area (Å²) in [7, 11) is -3.46. The minimum atomic E-state index is -3.46. The molecule has 7 heteroatoms. The first kappa shape index (κ1) is 12.0. The number of aliphatic hydroxyl groups is 1. The average Bonchev–Trinajstić information content (AvgIpc) is 2.85. The molecule has 1 aliphatic heterocycles. The smallest absolute Gasteiger partial charge is 0.241 e. The number of rotatable bonds is 4. The lowest BCUT2D eigenvalue weighted by atomic mass is 10.3. The van der Waals surface area contributed by atoms with Gasteiger partial charge in [-0.15, -0.1) is 11.3 Å². The fourth-order valence-electron chi connectivity index (χ4n) is 1.50. The summed E-state index contributed by atoms with van der Waals surface area (Å²) in [5.74, 6) is 0. The van der Waals surface area contributed by atoms with Gasteiger partial charge in [-0.3, -0.25) is 0 Å². The highest BCUT2D eigenvalue weighted by molar-refractivity contribution is 7.89. The third-order valence-electron chi connectivity index (χ3n) is 2.35. The highest BCUT2D eigenvalue weighted by Gasteiger charge is 2.24. The first-order valence-corrected chi connectivity index (χ1v) is 7.26. The van der Waals surface area contributed by atoms with Crippen molar-refractivity contribution in [3.63, 3.8) is 0 Å². The predicted octanol–water partition coefficient (Wildman–Crippen LogP) is 0.308. The van der Waals surface area contributed by atoms with E-state index in [4.69, 9.17) is 9.84 Å². The lowest BCUT2D eigenvalue weighted by molar-refractivity contribution is 0.192. The quantitative estimate of drug-likeness (QED) is 0.819. The monoisotopic (exact) mass is 263 g/mol. The van der Waals surface area contributed by atoms with Gasteiger partial charge in [-0.05, 0) is 12.5 Å². The zero-order valence-electron chi connectivity index (χ0n) is 8.55. The van der Waals surface area contributed by atoms with Crippen LogP contribution >= 0.6 is 11.3 Å². The van der Waals surface area contributed by atoms with Gasteiger partial charge in [0.25, 0.3) is 0 Å². The number of sulfonamides is 1. The van der Waals surface area contributed by atoms with Crippen LogP contribution in [0.1, 0.15) is 11.3 Å². The van der Waals surface area contributed by atoms with E-state index in [0.717, 1.165) is 0 Å². The number of aliphatic hydroxyl groups excluding tert-OH is 1. The van der Waals surface area contributed by atoms with Crippen LogP contribution in [-0.4, -0.2) is 32.8 Å². The lowest BCUT2D eigenvalue weighted by Gasteiger charge is -2.09. The summed E-state index contributed by atoms with van der Waals surface area (Å²) < 4.78 is 31.4. The number of thiophene rings is 1. The molecule has 0 radical (unpaired) electrons. The van der Waals surface area contributed by atoms with Crippen LogP contribution in [-0.2, 0) is 21.4 Å². The van der Waals surface area contributed by atoms with Crippen LogP contribution < -0.4 is 4.72 Å². The molecule has 90 valence electrons. The van der Waals surface area contributed by atoms with Gasteiger partial charge in [-0.25, -0.2) is 13.1 Å². The number of nitrogens with one attached hydrogen (secondary N) is 1. The zero-order valence-corrected chi connectivity index (χ0v) is 10.2. The van der Waals surface area contributed by atoms with Gasteiger partial charge in [-0.1, -0.05) is 0 Å². The molecule has 2 heterocycles. The molecular weight excluding hydrogens is 250 g/mol. The Balaban J connectivity index is 2.11. The molecule has 1 unspecified atom stereocenters. The van der Waals surface area contributed by atoms with E-state index in [2.05, 4.69) is 4.72 Å². The normalized spacial score (nSPS) is 21.4. The van der Waals surface area contributed by atoms with Gasteiger partial charge in [0.2, 0.25) is 10.0 Å². The van der Waals surface area contributed by atoms with Gasteiger partial charge in [0, 0.05) is 22.9 Å². The third kappa shape index (κ3) is 2.61. The van der Waals surface area contributed by atoms with Gasteiger partial charge in [0.15, 0.2) is 0 Å². The number of hydrogen-bond acceptors (Lipinski definition) is 5. The Bertz CT molecular complexity index is 448. The molecule has 2 N–H and O–H groups in total. The Kier molecular flexibility index (Phi) is 3.60. The van der Waals surface area contributed by atoms with Crippen LogP contribution in [0.4, 0.5) is 0 Å². The number of ether oxygens (including phenoxy) is 1. The van der Waals surface area contributed by atoms with E-state index in [-0.39, 0.29) is 17.5 Å². The molecule has 1 aromatic heterocycles. The zero-order chi connectivity index (χ0) is 11.6. The predicted molar refractivity (Wildman–Crippen MR) is 59.8 cm³/mol. The maximum absolute atomic E-state index is 11.9. The van der Waals surface area contributed by atoms with Crippen molar-refractivity contribution in [2.75, 3.05) is 13.2 Å². The second-order valence-electron chi connectivity index (χ2n) is 3.59. The van der Waals surface area contributed by atoms with Gasteiger partial charge in [-0.2, -0.15) is 0 Å². The standard InChI is InChI=1S/C9H13NO4S2/c11-4-8-3-9(6-15-8)16(12,13)10-7-1-2-14-5-7/h3,6-7,10-11H,1-2,4-5H2. The van der Waals surface area contributed by atoms with Crippen LogP contribution in [0.15, 0.2) is 16.3 Å². The molecule has 0 aromatic carbocycles. The van der Waals surface area contributed by atoms with Crippen molar-refractivity contribution >= 4 is 21.4 Å². The second kappa shape index (κ2) is 4.80. The Hall–Kier alpha value is -0.470. The van der Waals surface area contributed by atoms with E-state index in [1.807, 2.05) is 0 Å². The van der Waals surface area contributed by atoms with Crippen molar-refractivity contribution in [2.45, 2.75) is 24.0 Å². The maximum atomic E-state index is 11.9. The molecular formula is C9H13NO4S2. The van der Waals surface area contributed by atoms with Crippen molar-refractivity contribution in [3.8, 4) is 0 Å². The molecule has 0 aliphatic carbocycles. The molecule has 2 rings (SSSR count). The summed E-state index contributed by atoms with van der Waals surface area (Å²) >= 11 is 1.23.